The molecule has 0 fully saturated rings. The highest BCUT2D eigenvalue weighted by molar-refractivity contribution is 14.0. The summed E-state index contributed by atoms with van der Waals surface area (Å²) in [5.74, 6) is 1.67. The van der Waals surface area contributed by atoms with Crippen molar-refractivity contribution in [3.8, 4) is 11.5 Å². The molecule has 2 rings (SSSR count). The van der Waals surface area contributed by atoms with Crippen LogP contribution in [0.25, 0.3) is 0 Å². The summed E-state index contributed by atoms with van der Waals surface area (Å²) in [5.41, 5.74) is 6.59. The number of para-hydroxylation sites is 1. The van der Waals surface area contributed by atoms with E-state index in [1.165, 1.54) is 6.92 Å². The van der Waals surface area contributed by atoms with Crippen molar-refractivity contribution in [1.82, 2.24) is 5.32 Å². The van der Waals surface area contributed by atoms with E-state index in [4.69, 9.17) is 10.5 Å². The van der Waals surface area contributed by atoms with Crippen LogP contribution < -0.4 is 21.1 Å². The second kappa shape index (κ2) is 10.5. The van der Waals surface area contributed by atoms with E-state index in [1.807, 2.05) is 54.6 Å². The first kappa shape index (κ1) is 19.8. The SMILES string of the molecule is CC(=O)NCCN=C(N)Nc1cccc(Oc2ccccc2)c1.I. The molecule has 0 aliphatic carbocycles. The van der Waals surface area contributed by atoms with Crippen molar-refractivity contribution in [1.29, 1.82) is 0 Å². The highest BCUT2D eigenvalue weighted by Gasteiger charge is 2.00. The van der Waals surface area contributed by atoms with Gasteiger partial charge in [0.25, 0.3) is 0 Å². The molecule has 128 valence electrons. The van der Waals surface area contributed by atoms with Crippen molar-refractivity contribution in [2.75, 3.05) is 18.4 Å². The van der Waals surface area contributed by atoms with E-state index < -0.39 is 0 Å². The third-order valence-electron chi connectivity index (χ3n) is 2.85. The number of hydrogen-bond acceptors (Lipinski definition) is 3. The van der Waals surface area contributed by atoms with Gasteiger partial charge in [0.1, 0.15) is 11.5 Å². The van der Waals surface area contributed by atoms with Crippen molar-refractivity contribution in [3.05, 3.63) is 54.6 Å². The third-order valence-corrected chi connectivity index (χ3v) is 2.85. The first-order chi connectivity index (χ1) is 11.1. The van der Waals surface area contributed by atoms with Crippen molar-refractivity contribution < 1.29 is 9.53 Å². The first-order valence-electron chi connectivity index (χ1n) is 7.28. The normalized spacial score (nSPS) is 10.5. The number of aliphatic imine (C=N–C) groups is 1. The summed E-state index contributed by atoms with van der Waals surface area (Å²) < 4.78 is 5.76. The number of carbonyl (C=O) groups is 1. The summed E-state index contributed by atoms with van der Waals surface area (Å²) in [5, 5.41) is 5.64. The second-order valence-corrected chi connectivity index (χ2v) is 4.82. The number of nitrogens with zero attached hydrogens (tertiary/aromatic N) is 1. The zero-order valence-corrected chi connectivity index (χ0v) is 15.7. The highest BCUT2D eigenvalue weighted by atomic mass is 127. The zero-order valence-electron chi connectivity index (χ0n) is 13.4. The molecule has 0 bridgehead atoms. The Kier molecular flexibility index (Phi) is 8.63. The average Bonchev–Trinajstić information content (AvgIpc) is 2.53. The minimum absolute atomic E-state index is 0. The molecule has 0 aliphatic heterocycles. The summed E-state index contributed by atoms with van der Waals surface area (Å²) in [4.78, 5) is 14.9. The van der Waals surface area contributed by atoms with E-state index in [0.29, 0.717) is 18.8 Å². The van der Waals surface area contributed by atoms with Crippen LogP contribution in [0.1, 0.15) is 6.92 Å². The number of benzene rings is 2. The number of halogens is 1. The van der Waals surface area contributed by atoms with Gasteiger partial charge < -0.3 is 21.1 Å². The summed E-state index contributed by atoms with van der Waals surface area (Å²) in [7, 11) is 0. The molecule has 0 saturated carbocycles. The number of ether oxygens (including phenoxy) is 1. The summed E-state index contributed by atoms with van der Waals surface area (Å²) in [6, 6.07) is 17.0. The lowest BCUT2D eigenvalue weighted by molar-refractivity contribution is -0.118. The smallest absolute Gasteiger partial charge is 0.216 e. The van der Waals surface area contributed by atoms with Gasteiger partial charge in [-0.2, -0.15) is 0 Å². The molecule has 0 aliphatic rings. The number of nitrogens with one attached hydrogen (secondary N) is 2. The Bertz CT molecular complexity index is 677. The molecule has 24 heavy (non-hydrogen) atoms. The Morgan fingerprint density at radius 1 is 1.12 bits per heavy atom. The maximum Gasteiger partial charge on any atom is 0.216 e. The highest BCUT2D eigenvalue weighted by Crippen LogP contribution is 2.23. The fraction of sp³-hybridized carbons (Fsp3) is 0.176. The van der Waals surface area contributed by atoms with Crippen molar-refractivity contribution in [2.24, 2.45) is 10.7 Å². The van der Waals surface area contributed by atoms with E-state index in [-0.39, 0.29) is 35.8 Å². The van der Waals surface area contributed by atoms with Gasteiger partial charge in [0.05, 0.1) is 6.54 Å². The Balaban J connectivity index is 0.00000288. The monoisotopic (exact) mass is 440 g/mol. The molecule has 2 aromatic rings. The van der Waals surface area contributed by atoms with Crippen LogP contribution in [-0.4, -0.2) is 25.0 Å². The molecule has 0 atom stereocenters. The van der Waals surface area contributed by atoms with Gasteiger partial charge in [-0.1, -0.05) is 24.3 Å². The molecule has 0 spiro atoms. The Hall–Kier alpha value is -2.29. The van der Waals surface area contributed by atoms with Crippen LogP contribution in [0.2, 0.25) is 0 Å². The van der Waals surface area contributed by atoms with Crippen LogP contribution in [0, 0.1) is 0 Å². The first-order valence-corrected chi connectivity index (χ1v) is 7.28. The van der Waals surface area contributed by atoms with Gasteiger partial charge >= 0.3 is 0 Å². The second-order valence-electron chi connectivity index (χ2n) is 4.82. The number of amides is 1. The van der Waals surface area contributed by atoms with Crippen LogP contribution in [0.5, 0.6) is 11.5 Å². The lowest BCUT2D eigenvalue weighted by atomic mass is 10.3. The van der Waals surface area contributed by atoms with Gasteiger partial charge in [-0.15, -0.1) is 24.0 Å². The molecule has 7 heteroatoms. The van der Waals surface area contributed by atoms with E-state index in [9.17, 15) is 4.79 Å². The number of carbonyl (C=O) groups excluding carboxylic acids is 1. The number of anilines is 1. The Morgan fingerprint density at radius 3 is 2.54 bits per heavy atom. The van der Waals surface area contributed by atoms with Crippen molar-refractivity contribution in [3.63, 3.8) is 0 Å². The predicted octanol–water partition coefficient (Wildman–Crippen LogP) is 2.96. The molecule has 4 N–H and O–H groups in total. The van der Waals surface area contributed by atoms with Crippen LogP contribution in [-0.2, 0) is 4.79 Å². The summed E-state index contributed by atoms with van der Waals surface area (Å²) >= 11 is 0. The summed E-state index contributed by atoms with van der Waals surface area (Å²) in [6.45, 7) is 2.33. The lowest BCUT2D eigenvalue weighted by Gasteiger charge is -2.09. The topological polar surface area (TPSA) is 88.7 Å². The number of rotatable bonds is 6. The number of hydrogen-bond donors (Lipinski definition) is 3. The third kappa shape index (κ3) is 7.32. The number of guanidine groups is 1. The Morgan fingerprint density at radius 2 is 1.83 bits per heavy atom. The standard InChI is InChI=1S/C17H20N4O2.HI/c1-13(22)19-10-11-20-17(18)21-14-6-5-9-16(12-14)23-15-7-3-2-4-8-15;/h2-9,12H,10-11H2,1H3,(H,19,22)(H3,18,20,21);1H. The van der Waals surface area contributed by atoms with Gasteiger partial charge in [-0.05, 0) is 24.3 Å². The van der Waals surface area contributed by atoms with Crippen LogP contribution in [0.3, 0.4) is 0 Å². The summed E-state index contributed by atoms with van der Waals surface area (Å²) in [6.07, 6.45) is 0. The van der Waals surface area contributed by atoms with Crippen LogP contribution in [0.4, 0.5) is 5.69 Å². The quantitative estimate of drug-likeness (QED) is 0.279. The van der Waals surface area contributed by atoms with E-state index in [1.54, 1.807) is 0 Å². The molecule has 0 saturated heterocycles. The molecule has 6 nitrogen and oxygen atoms in total. The van der Waals surface area contributed by atoms with Gasteiger partial charge in [0.2, 0.25) is 5.91 Å². The van der Waals surface area contributed by atoms with Crippen molar-refractivity contribution in [2.45, 2.75) is 6.92 Å². The predicted molar refractivity (Wildman–Crippen MR) is 107 cm³/mol. The fourth-order valence-corrected chi connectivity index (χ4v) is 1.86. The molecule has 1 amide bonds. The number of nitrogens with two attached hydrogens (primary N) is 1. The Labute approximate surface area is 158 Å². The maximum absolute atomic E-state index is 10.7. The van der Waals surface area contributed by atoms with Crippen LogP contribution >= 0.6 is 24.0 Å². The van der Waals surface area contributed by atoms with Crippen LogP contribution in [0.15, 0.2) is 59.6 Å². The van der Waals surface area contributed by atoms with Gasteiger partial charge in [-0.25, -0.2) is 0 Å². The van der Waals surface area contributed by atoms with Gasteiger partial charge in [-0.3, -0.25) is 9.79 Å². The lowest BCUT2D eigenvalue weighted by Crippen LogP contribution is -2.26. The molecule has 0 unspecified atom stereocenters. The average molecular weight is 440 g/mol. The largest absolute Gasteiger partial charge is 0.457 e. The molecular weight excluding hydrogens is 419 g/mol. The molecule has 0 heterocycles. The maximum atomic E-state index is 10.7. The minimum Gasteiger partial charge on any atom is -0.457 e. The van der Waals surface area contributed by atoms with E-state index in [2.05, 4.69) is 15.6 Å². The molecule has 2 aromatic carbocycles. The molecule has 0 radical (unpaired) electrons. The van der Waals surface area contributed by atoms with Gasteiger partial charge in [0, 0.05) is 25.2 Å². The van der Waals surface area contributed by atoms with E-state index in [0.717, 1.165) is 11.4 Å². The fourth-order valence-electron chi connectivity index (χ4n) is 1.86. The molecular formula is C17H21IN4O2. The molecule has 0 aromatic heterocycles. The van der Waals surface area contributed by atoms with E-state index >= 15 is 0 Å². The zero-order chi connectivity index (χ0) is 16.5. The van der Waals surface area contributed by atoms with Gasteiger partial charge in [0.15, 0.2) is 5.96 Å². The minimum atomic E-state index is -0.0857. The van der Waals surface area contributed by atoms with Crippen molar-refractivity contribution >= 4 is 41.5 Å².